The van der Waals surface area contributed by atoms with Crippen molar-refractivity contribution in [3.63, 3.8) is 0 Å². The molecule has 1 aliphatic rings. The van der Waals surface area contributed by atoms with E-state index in [4.69, 9.17) is 4.74 Å². The highest BCUT2D eigenvalue weighted by molar-refractivity contribution is 5.76. The number of amides is 1. The summed E-state index contributed by atoms with van der Waals surface area (Å²) in [6.07, 6.45) is 3.05. The minimum atomic E-state index is -0.272. The number of carbonyl (C=O) groups excluding carboxylic acids is 1. The van der Waals surface area contributed by atoms with Gasteiger partial charge in [0, 0.05) is 32.6 Å². The third-order valence-electron chi connectivity index (χ3n) is 3.90. The molecule has 6 heteroatoms. The first-order valence-corrected chi connectivity index (χ1v) is 7.69. The molecule has 2 aromatic rings. The molecule has 0 saturated carbocycles. The number of H-pyrrole nitrogens is 1. The number of aromatic nitrogens is 2. The molecule has 3 rings (SSSR count). The van der Waals surface area contributed by atoms with Crippen LogP contribution in [0.5, 0.6) is 0 Å². The Bertz CT molecular complexity index is 650. The molecule has 22 heavy (non-hydrogen) atoms. The van der Waals surface area contributed by atoms with E-state index < -0.39 is 0 Å². The molecule has 0 unspecified atom stereocenters. The highest BCUT2D eigenvalue weighted by Crippen LogP contribution is 2.16. The van der Waals surface area contributed by atoms with Gasteiger partial charge in [0.25, 0.3) is 0 Å². The topological polar surface area (TPSA) is 67.0 Å². The Morgan fingerprint density at radius 3 is 3.23 bits per heavy atom. The summed E-state index contributed by atoms with van der Waals surface area (Å²) in [5.74, 6) is 0.998. The minimum Gasteiger partial charge on any atom is -0.381 e. The predicted octanol–water partition coefficient (Wildman–Crippen LogP) is 2.18. The summed E-state index contributed by atoms with van der Waals surface area (Å²) in [7, 11) is 0. The highest BCUT2D eigenvalue weighted by Gasteiger charge is 2.18. The summed E-state index contributed by atoms with van der Waals surface area (Å²) >= 11 is 0. The van der Waals surface area contributed by atoms with Crippen molar-refractivity contribution in [1.82, 2.24) is 15.3 Å². The quantitative estimate of drug-likeness (QED) is 0.804. The molecule has 1 aliphatic heterocycles. The average Bonchev–Trinajstić information content (AvgIpc) is 3.12. The number of rotatable bonds is 6. The Balaban J connectivity index is 1.41. The van der Waals surface area contributed by atoms with Crippen molar-refractivity contribution in [3.05, 3.63) is 29.8 Å². The molecule has 1 aromatic heterocycles. The first kappa shape index (κ1) is 15.0. The molecule has 1 aromatic carbocycles. The third-order valence-corrected chi connectivity index (χ3v) is 3.90. The van der Waals surface area contributed by atoms with Gasteiger partial charge >= 0.3 is 0 Å². The van der Waals surface area contributed by atoms with Crippen molar-refractivity contribution < 1.29 is 13.9 Å². The number of fused-ring (bicyclic) bond motifs is 1. The maximum absolute atomic E-state index is 13.1. The van der Waals surface area contributed by atoms with Crippen LogP contribution >= 0.6 is 0 Å². The fourth-order valence-corrected chi connectivity index (χ4v) is 2.72. The Labute approximate surface area is 128 Å². The van der Waals surface area contributed by atoms with Crippen molar-refractivity contribution >= 4 is 16.9 Å². The van der Waals surface area contributed by atoms with E-state index in [1.54, 1.807) is 6.07 Å². The van der Waals surface area contributed by atoms with Crippen molar-refractivity contribution in [2.75, 3.05) is 19.8 Å². The summed E-state index contributed by atoms with van der Waals surface area (Å²) in [6, 6.07) is 4.51. The Hall–Kier alpha value is -1.95. The summed E-state index contributed by atoms with van der Waals surface area (Å²) in [5, 5.41) is 2.93. The number of aryl methyl sites for hydroxylation is 1. The number of hydrogen-bond acceptors (Lipinski definition) is 3. The van der Waals surface area contributed by atoms with Gasteiger partial charge in [-0.15, -0.1) is 0 Å². The molecule has 0 aliphatic carbocycles. The summed E-state index contributed by atoms with van der Waals surface area (Å²) in [5.41, 5.74) is 1.47. The van der Waals surface area contributed by atoms with E-state index in [-0.39, 0.29) is 11.7 Å². The molecule has 0 radical (unpaired) electrons. The molecule has 118 valence electrons. The number of ether oxygens (including phenoxy) is 1. The molecule has 0 bridgehead atoms. The summed E-state index contributed by atoms with van der Waals surface area (Å²) in [6.45, 7) is 2.09. The van der Waals surface area contributed by atoms with E-state index in [1.807, 2.05) is 0 Å². The molecular weight excluding hydrogens is 285 g/mol. The molecular formula is C16H20FN3O2. The van der Waals surface area contributed by atoms with Crippen molar-refractivity contribution in [2.24, 2.45) is 5.92 Å². The summed E-state index contributed by atoms with van der Waals surface area (Å²) < 4.78 is 18.4. The van der Waals surface area contributed by atoms with Gasteiger partial charge in [-0.2, -0.15) is 0 Å². The minimum absolute atomic E-state index is 0.0853. The SMILES string of the molecule is O=C(C[C@H]1CCOC1)NCCCc1nc2ccc(F)cc2[nH]1. The van der Waals surface area contributed by atoms with Crippen LogP contribution < -0.4 is 5.32 Å². The molecule has 2 N–H and O–H groups in total. The van der Waals surface area contributed by atoms with E-state index >= 15 is 0 Å². The Kier molecular flexibility index (Phi) is 4.68. The molecule has 1 fully saturated rings. The smallest absolute Gasteiger partial charge is 0.220 e. The number of carbonyl (C=O) groups is 1. The normalized spacial score (nSPS) is 18.0. The van der Waals surface area contributed by atoms with E-state index in [2.05, 4.69) is 15.3 Å². The maximum atomic E-state index is 13.1. The van der Waals surface area contributed by atoms with Gasteiger partial charge < -0.3 is 15.0 Å². The third kappa shape index (κ3) is 3.82. The molecule has 5 nitrogen and oxygen atoms in total. The van der Waals surface area contributed by atoms with Crippen LogP contribution in [0.15, 0.2) is 18.2 Å². The van der Waals surface area contributed by atoms with Crippen molar-refractivity contribution in [3.8, 4) is 0 Å². The lowest BCUT2D eigenvalue weighted by Crippen LogP contribution is -2.27. The number of nitrogens with zero attached hydrogens (tertiary/aromatic N) is 1. The van der Waals surface area contributed by atoms with Crippen molar-refractivity contribution in [1.29, 1.82) is 0 Å². The first-order chi connectivity index (χ1) is 10.7. The molecule has 2 heterocycles. The van der Waals surface area contributed by atoms with Gasteiger partial charge in [0.1, 0.15) is 11.6 Å². The van der Waals surface area contributed by atoms with Gasteiger partial charge in [-0.1, -0.05) is 0 Å². The van der Waals surface area contributed by atoms with Crippen LogP contribution in [0.4, 0.5) is 4.39 Å². The van der Waals surface area contributed by atoms with E-state index in [0.717, 1.165) is 37.2 Å². The number of nitrogens with one attached hydrogen (secondary N) is 2. The lowest BCUT2D eigenvalue weighted by molar-refractivity contribution is -0.122. The van der Waals surface area contributed by atoms with E-state index in [1.165, 1.54) is 12.1 Å². The van der Waals surface area contributed by atoms with Gasteiger partial charge in [0.2, 0.25) is 5.91 Å². The standard InChI is InChI=1S/C16H20FN3O2/c17-12-3-4-13-14(9-12)20-15(19-13)2-1-6-18-16(21)8-11-5-7-22-10-11/h3-4,9,11H,1-2,5-8,10H2,(H,18,21)(H,19,20)/t11-/m1/s1. The number of halogens is 1. The van der Waals surface area contributed by atoms with Gasteiger partial charge in [-0.05, 0) is 37.0 Å². The average molecular weight is 305 g/mol. The van der Waals surface area contributed by atoms with Crippen LogP contribution in [0.3, 0.4) is 0 Å². The zero-order valence-corrected chi connectivity index (χ0v) is 12.4. The van der Waals surface area contributed by atoms with Gasteiger partial charge in [0.05, 0.1) is 11.0 Å². The fraction of sp³-hybridized carbons (Fsp3) is 0.500. The Morgan fingerprint density at radius 2 is 2.41 bits per heavy atom. The van der Waals surface area contributed by atoms with E-state index in [0.29, 0.717) is 31.0 Å². The van der Waals surface area contributed by atoms with Crippen molar-refractivity contribution in [2.45, 2.75) is 25.7 Å². The molecule has 0 spiro atoms. The van der Waals surface area contributed by atoms with Crippen LogP contribution in [0.2, 0.25) is 0 Å². The first-order valence-electron chi connectivity index (χ1n) is 7.69. The van der Waals surface area contributed by atoms with E-state index in [9.17, 15) is 9.18 Å². The second-order valence-electron chi connectivity index (χ2n) is 5.73. The van der Waals surface area contributed by atoms with Crippen LogP contribution in [-0.4, -0.2) is 35.6 Å². The molecule has 1 saturated heterocycles. The second-order valence-corrected chi connectivity index (χ2v) is 5.73. The summed E-state index contributed by atoms with van der Waals surface area (Å²) in [4.78, 5) is 19.3. The Morgan fingerprint density at radius 1 is 1.50 bits per heavy atom. The number of hydrogen-bond donors (Lipinski definition) is 2. The number of aromatic amines is 1. The van der Waals surface area contributed by atoms with Crippen LogP contribution in [0.1, 0.15) is 25.1 Å². The molecule has 1 amide bonds. The molecule has 1 atom stereocenters. The number of benzene rings is 1. The second kappa shape index (κ2) is 6.87. The largest absolute Gasteiger partial charge is 0.381 e. The lowest BCUT2D eigenvalue weighted by Gasteiger charge is -2.08. The zero-order chi connectivity index (χ0) is 15.4. The van der Waals surface area contributed by atoms with Crippen LogP contribution in [0.25, 0.3) is 11.0 Å². The van der Waals surface area contributed by atoms with Gasteiger partial charge in [-0.3, -0.25) is 4.79 Å². The number of imidazole rings is 1. The highest BCUT2D eigenvalue weighted by atomic mass is 19.1. The maximum Gasteiger partial charge on any atom is 0.220 e. The van der Waals surface area contributed by atoms with Crippen LogP contribution in [-0.2, 0) is 16.0 Å². The monoisotopic (exact) mass is 305 g/mol. The van der Waals surface area contributed by atoms with Gasteiger partial charge in [-0.25, -0.2) is 9.37 Å². The lowest BCUT2D eigenvalue weighted by atomic mass is 10.0. The van der Waals surface area contributed by atoms with Gasteiger partial charge in [0.15, 0.2) is 0 Å². The fourth-order valence-electron chi connectivity index (χ4n) is 2.72. The van der Waals surface area contributed by atoms with Crippen LogP contribution in [0, 0.1) is 11.7 Å². The predicted molar refractivity (Wildman–Crippen MR) is 80.9 cm³/mol. The zero-order valence-electron chi connectivity index (χ0n) is 12.4.